The van der Waals surface area contributed by atoms with Crippen LogP contribution in [0.4, 0.5) is 0 Å². The minimum atomic E-state index is 0.462. The Morgan fingerprint density at radius 3 is 2.87 bits per heavy atom. The molecule has 1 N–H and O–H groups in total. The molecule has 1 aromatic rings. The van der Waals surface area contributed by atoms with Gasteiger partial charge in [0.1, 0.15) is 6.61 Å². The number of hydrogen-bond acceptors (Lipinski definition) is 4. The van der Waals surface area contributed by atoms with Gasteiger partial charge >= 0.3 is 6.01 Å². The van der Waals surface area contributed by atoms with Gasteiger partial charge in [-0.15, -0.1) is 0 Å². The van der Waals surface area contributed by atoms with Crippen LogP contribution in [0.5, 0.6) is 6.01 Å². The first-order valence-corrected chi connectivity index (χ1v) is 5.49. The summed E-state index contributed by atoms with van der Waals surface area (Å²) in [6, 6.07) is 0.941. The Kier molecular flexibility index (Phi) is 3.50. The number of nitrogens with zero attached hydrogens (tertiary/aromatic N) is 2. The highest BCUT2D eigenvalue weighted by molar-refractivity contribution is 5.04. The molecule has 4 nitrogen and oxygen atoms in total. The van der Waals surface area contributed by atoms with E-state index in [0.717, 1.165) is 12.1 Å². The van der Waals surface area contributed by atoms with E-state index in [0.29, 0.717) is 18.7 Å². The number of nitrogens with one attached hydrogen (secondary N) is 1. The van der Waals surface area contributed by atoms with Gasteiger partial charge < -0.3 is 10.1 Å². The van der Waals surface area contributed by atoms with Crippen molar-refractivity contribution in [1.82, 2.24) is 15.3 Å². The summed E-state index contributed by atoms with van der Waals surface area (Å²) in [6.45, 7) is 3.73. The molecule has 2 heterocycles. The molecular weight excluding hydrogens is 190 g/mol. The SMILES string of the molecule is Cc1cnc(OCC2CCCCN2)nc1. The van der Waals surface area contributed by atoms with E-state index < -0.39 is 0 Å². The van der Waals surface area contributed by atoms with Crippen molar-refractivity contribution in [3.05, 3.63) is 18.0 Å². The van der Waals surface area contributed by atoms with E-state index >= 15 is 0 Å². The Morgan fingerprint density at radius 1 is 1.40 bits per heavy atom. The van der Waals surface area contributed by atoms with Crippen molar-refractivity contribution < 1.29 is 4.74 Å². The summed E-state index contributed by atoms with van der Waals surface area (Å²) < 4.78 is 5.52. The molecule has 0 aliphatic carbocycles. The maximum atomic E-state index is 5.52. The van der Waals surface area contributed by atoms with Crippen LogP contribution in [-0.2, 0) is 0 Å². The highest BCUT2D eigenvalue weighted by Crippen LogP contribution is 2.08. The minimum absolute atomic E-state index is 0.462. The number of ether oxygens (including phenoxy) is 1. The Morgan fingerprint density at radius 2 is 2.20 bits per heavy atom. The smallest absolute Gasteiger partial charge is 0.316 e. The maximum absolute atomic E-state index is 5.52. The molecule has 0 saturated carbocycles. The number of aryl methyl sites for hydroxylation is 1. The van der Waals surface area contributed by atoms with Crippen molar-refractivity contribution in [2.24, 2.45) is 0 Å². The number of aromatic nitrogens is 2. The molecule has 1 aliphatic rings. The summed E-state index contributed by atoms with van der Waals surface area (Å²) in [5.41, 5.74) is 1.05. The molecule has 1 saturated heterocycles. The molecule has 0 bridgehead atoms. The van der Waals surface area contributed by atoms with Gasteiger partial charge in [-0.1, -0.05) is 6.42 Å². The standard InChI is InChI=1S/C11H17N3O/c1-9-6-13-11(14-7-9)15-8-10-4-2-3-5-12-10/h6-7,10,12H,2-5,8H2,1H3. The lowest BCUT2D eigenvalue weighted by Gasteiger charge is -2.22. The maximum Gasteiger partial charge on any atom is 0.316 e. The summed E-state index contributed by atoms with van der Waals surface area (Å²) in [5.74, 6) is 0. The van der Waals surface area contributed by atoms with Crippen LogP contribution in [0.15, 0.2) is 12.4 Å². The zero-order valence-corrected chi connectivity index (χ0v) is 9.07. The third-order valence-electron chi connectivity index (χ3n) is 2.58. The van der Waals surface area contributed by atoms with E-state index in [-0.39, 0.29) is 0 Å². The lowest BCUT2D eigenvalue weighted by Crippen LogP contribution is -2.38. The molecule has 2 rings (SSSR count). The highest BCUT2D eigenvalue weighted by atomic mass is 16.5. The summed E-state index contributed by atoms with van der Waals surface area (Å²) in [5, 5.41) is 3.42. The predicted molar refractivity (Wildman–Crippen MR) is 57.9 cm³/mol. The molecule has 1 aromatic heterocycles. The molecule has 1 aliphatic heterocycles. The Labute approximate surface area is 90.1 Å². The Bertz CT molecular complexity index is 293. The van der Waals surface area contributed by atoms with Crippen LogP contribution in [0.25, 0.3) is 0 Å². The Balaban J connectivity index is 1.79. The highest BCUT2D eigenvalue weighted by Gasteiger charge is 2.13. The fourth-order valence-electron chi connectivity index (χ4n) is 1.70. The number of piperidine rings is 1. The van der Waals surface area contributed by atoms with Crippen LogP contribution in [0, 0.1) is 6.92 Å². The van der Waals surface area contributed by atoms with Gasteiger partial charge in [-0.2, -0.15) is 0 Å². The first-order valence-electron chi connectivity index (χ1n) is 5.49. The molecule has 15 heavy (non-hydrogen) atoms. The van der Waals surface area contributed by atoms with E-state index in [1.54, 1.807) is 12.4 Å². The molecule has 82 valence electrons. The van der Waals surface area contributed by atoms with Gasteiger partial charge in [-0.25, -0.2) is 9.97 Å². The van der Waals surface area contributed by atoms with Gasteiger partial charge in [-0.3, -0.25) is 0 Å². The fraction of sp³-hybridized carbons (Fsp3) is 0.636. The summed E-state index contributed by atoms with van der Waals surface area (Å²) >= 11 is 0. The molecule has 0 spiro atoms. The average molecular weight is 207 g/mol. The number of rotatable bonds is 3. The molecule has 1 fully saturated rings. The second-order valence-corrected chi connectivity index (χ2v) is 4.00. The van der Waals surface area contributed by atoms with E-state index in [1.807, 2.05) is 6.92 Å². The van der Waals surface area contributed by atoms with Crippen LogP contribution in [0.2, 0.25) is 0 Å². The fourth-order valence-corrected chi connectivity index (χ4v) is 1.70. The number of hydrogen-bond donors (Lipinski definition) is 1. The predicted octanol–water partition coefficient (Wildman–Crippen LogP) is 1.31. The molecule has 0 aromatic carbocycles. The molecule has 1 atom stereocenters. The minimum Gasteiger partial charge on any atom is -0.462 e. The summed E-state index contributed by atoms with van der Waals surface area (Å²) in [6.07, 6.45) is 7.30. The monoisotopic (exact) mass is 207 g/mol. The quantitative estimate of drug-likeness (QED) is 0.811. The largest absolute Gasteiger partial charge is 0.462 e. The normalized spacial score (nSPS) is 21.3. The van der Waals surface area contributed by atoms with Crippen molar-refractivity contribution in [1.29, 1.82) is 0 Å². The molecular formula is C11H17N3O. The van der Waals surface area contributed by atoms with Crippen LogP contribution in [0.1, 0.15) is 24.8 Å². The van der Waals surface area contributed by atoms with E-state index in [9.17, 15) is 0 Å². The zero-order valence-electron chi connectivity index (χ0n) is 9.07. The van der Waals surface area contributed by atoms with E-state index in [4.69, 9.17) is 4.74 Å². The van der Waals surface area contributed by atoms with Crippen LogP contribution in [-0.4, -0.2) is 29.2 Å². The lowest BCUT2D eigenvalue weighted by molar-refractivity contribution is 0.224. The molecule has 1 unspecified atom stereocenters. The van der Waals surface area contributed by atoms with E-state index in [2.05, 4.69) is 15.3 Å². The van der Waals surface area contributed by atoms with Crippen LogP contribution in [0.3, 0.4) is 0 Å². The Hall–Kier alpha value is -1.16. The van der Waals surface area contributed by atoms with Crippen LogP contribution < -0.4 is 10.1 Å². The second kappa shape index (κ2) is 5.07. The molecule has 0 amide bonds. The van der Waals surface area contributed by atoms with Gasteiger partial charge in [0.2, 0.25) is 0 Å². The topological polar surface area (TPSA) is 47.0 Å². The van der Waals surface area contributed by atoms with Crippen molar-refractivity contribution in [3.8, 4) is 6.01 Å². The van der Waals surface area contributed by atoms with Crippen molar-refractivity contribution in [3.63, 3.8) is 0 Å². The zero-order chi connectivity index (χ0) is 10.5. The average Bonchev–Trinajstić information content (AvgIpc) is 2.30. The van der Waals surface area contributed by atoms with Gasteiger partial charge in [0, 0.05) is 18.4 Å². The molecule has 0 radical (unpaired) electrons. The first kappa shape index (κ1) is 10.4. The van der Waals surface area contributed by atoms with Gasteiger partial charge in [0.25, 0.3) is 0 Å². The van der Waals surface area contributed by atoms with Gasteiger partial charge in [0.05, 0.1) is 0 Å². The van der Waals surface area contributed by atoms with Gasteiger partial charge in [-0.05, 0) is 31.9 Å². The summed E-state index contributed by atoms with van der Waals surface area (Å²) in [7, 11) is 0. The third-order valence-corrected chi connectivity index (χ3v) is 2.58. The lowest BCUT2D eigenvalue weighted by atomic mass is 10.1. The van der Waals surface area contributed by atoms with Crippen molar-refractivity contribution in [2.75, 3.05) is 13.2 Å². The van der Waals surface area contributed by atoms with Crippen LogP contribution >= 0.6 is 0 Å². The molecule has 4 heteroatoms. The van der Waals surface area contributed by atoms with E-state index in [1.165, 1.54) is 19.3 Å². The summed E-state index contributed by atoms with van der Waals surface area (Å²) in [4.78, 5) is 8.20. The first-order chi connectivity index (χ1) is 7.34. The second-order valence-electron chi connectivity index (χ2n) is 4.00. The van der Waals surface area contributed by atoms with Crippen molar-refractivity contribution in [2.45, 2.75) is 32.2 Å². The van der Waals surface area contributed by atoms with Crippen molar-refractivity contribution >= 4 is 0 Å². The third kappa shape index (κ3) is 3.16. The van der Waals surface area contributed by atoms with Gasteiger partial charge in [0.15, 0.2) is 0 Å².